The van der Waals surface area contributed by atoms with Crippen molar-refractivity contribution in [3.63, 3.8) is 0 Å². The Kier molecular flexibility index (Phi) is 10.1. The SMILES string of the molecule is CCNC(=NCc1ccc(OCC)c(C)c1)NCCn1cccc1.I. The third-order valence-corrected chi connectivity index (χ3v) is 3.63. The maximum atomic E-state index is 5.58. The molecule has 0 radical (unpaired) electrons. The van der Waals surface area contributed by atoms with Crippen molar-refractivity contribution in [2.24, 2.45) is 4.99 Å². The second kappa shape index (κ2) is 11.8. The van der Waals surface area contributed by atoms with Gasteiger partial charge in [-0.25, -0.2) is 4.99 Å². The molecule has 0 saturated heterocycles. The minimum Gasteiger partial charge on any atom is -0.494 e. The molecule has 0 fully saturated rings. The van der Waals surface area contributed by atoms with Gasteiger partial charge >= 0.3 is 0 Å². The predicted octanol–water partition coefficient (Wildman–Crippen LogP) is 3.57. The van der Waals surface area contributed by atoms with E-state index in [1.165, 1.54) is 5.56 Å². The van der Waals surface area contributed by atoms with Crippen molar-refractivity contribution in [2.45, 2.75) is 33.9 Å². The topological polar surface area (TPSA) is 50.6 Å². The first-order valence-corrected chi connectivity index (χ1v) is 8.58. The molecule has 1 aromatic heterocycles. The molecule has 5 nitrogen and oxygen atoms in total. The van der Waals surface area contributed by atoms with Crippen LogP contribution in [0.3, 0.4) is 0 Å². The van der Waals surface area contributed by atoms with E-state index in [0.29, 0.717) is 13.2 Å². The van der Waals surface area contributed by atoms with Crippen molar-refractivity contribution in [3.05, 3.63) is 53.9 Å². The molecule has 6 heteroatoms. The largest absolute Gasteiger partial charge is 0.494 e. The molecule has 0 atom stereocenters. The molecule has 2 aromatic rings. The van der Waals surface area contributed by atoms with Gasteiger partial charge in [0.25, 0.3) is 0 Å². The molecule has 2 N–H and O–H groups in total. The lowest BCUT2D eigenvalue weighted by Gasteiger charge is -2.12. The summed E-state index contributed by atoms with van der Waals surface area (Å²) >= 11 is 0. The Bertz CT molecular complexity index is 641. The van der Waals surface area contributed by atoms with Gasteiger partial charge in [0.15, 0.2) is 5.96 Å². The number of nitrogens with zero attached hydrogens (tertiary/aromatic N) is 2. The van der Waals surface area contributed by atoms with Gasteiger partial charge in [-0.1, -0.05) is 12.1 Å². The van der Waals surface area contributed by atoms with Crippen LogP contribution in [0, 0.1) is 6.92 Å². The molecule has 0 aliphatic heterocycles. The van der Waals surface area contributed by atoms with Gasteiger partial charge in [-0.3, -0.25) is 0 Å². The third kappa shape index (κ3) is 7.37. The van der Waals surface area contributed by atoms with Crippen LogP contribution >= 0.6 is 24.0 Å². The summed E-state index contributed by atoms with van der Waals surface area (Å²) in [6, 6.07) is 10.3. The van der Waals surface area contributed by atoms with Gasteiger partial charge < -0.3 is 19.9 Å². The maximum absolute atomic E-state index is 5.58. The lowest BCUT2D eigenvalue weighted by molar-refractivity contribution is 0.338. The lowest BCUT2D eigenvalue weighted by Crippen LogP contribution is -2.38. The summed E-state index contributed by atoms with van der Waals surface area (Å²) in [7, 11) is 0. The second-order valence-electron chi connectivity index (χ2n) is 5.58. The third-order valence-electron chi connectivity index (χ3n) is 3.63. The number of aryl methyl sites for hydroxylation is 1. The Balaban J connectivity index is 0.00000312. The van der Waals surface area contributed by atoms with E-state index in [2.05, 4.69) is 58.6 Å². The fourth-order valence-corrected chi connectivity index (χ4v) is 2.46. The van der Waals surface area contributed by atoms with E-state index in [4.69, 9.17) is 4.74 Å². The van der Waals surface area contributed by atoms with Gasteiger partial charge in [-0.05, 0) is 50.1 Å². The first-order chi connectivity index (χ1) is 11.7. The molecule has 0 spiro atoms. The van der Waals surface area contributed by atoms with E-state index >= 15 is 0 Å². The summed E-state index contributed by atoms with van der Waals surface area (Å²) in [6.07, 6.45) is 4.13. The van der Waals surface area contributed by atoms with Crippen LogP contribution in [-0.4, -0.2) is 30.2 Å². The number of ether oxygens (including phenoxy) is 1. The lowest BCUT2D eigenvalue weighted by atomic mass is 10.1. The van der Waals surface area contributed by atoms with E-state index in [-0.39, 0.29) is 24.0 Å². The van der Waals surface area contributed by atoms with Crippen LogP contribution in [0.15, 0.2) is 47.7 Å². The molecule has 0 saturated carbocycles. The first-order valence-electron chi connectivity index (χ1n) is 8.58. The Morgan fingerprint density at radius 1 is 1.16 bits per heavy atom. The Hall–Kier alpha value is -1.70. The zero-order chi connectivity index (χ0) is 17.2. The first kappa shape index (κ1) is 21.3. The van der Waals surface area contributed by atoms with Crippen molar-refractivity contribution in [3.8, 4) is 5.75 Å². The molecular weight excluding hydrogens is 427 g/mol. The minimum absolute atomic E-state index is 0. The molecule has 0 amide bonds. The molecule has 1 heterocycles. The molecule has 2 rings (SSSR count). The smallest absolute Gasteiger partial charge is 0.191 e. The van der Waals surface area contributed by atoms with Gasteiger partial charge in [-0.2, -0.15) is 0 Å². The summed E-state index contributed by atoms with van der Waals surface area (Å²) in [5.74, 6) is 1.79. The van der Waals surface area contributed by atoms with E-state index in [0.717, 1.165) is 36.9 Å². The van der Waals surface area contributed by atoms with Crippen LogP contribution in [0.1, 0.15) is 25.0 Å². The van der Waals surface area contributed by atoms with E-state index < -0.39 is 0 Å². The monoisotopic (exact) mass is 456 g/mol. The summed E-state index contributed by atoms with van der Waals surface area (Å²) in [4.78, 5) is 4.66. The summed E-state index contributed by atoms with van der Waals surface area (Å²) in [5.41, 5.74) is 2.33. The molecule has 0 bridgehead atoms. The predicted molar refractivity (Wildman–Crippen MR) is 115 cm³/mol. The van der Waals surface area contributed by atoms with Crippen LogP contribution in [0.5, 0.6) is 5.75 Å². The van der Waals surface area contributed by atoms with Crippen molar-refractivity contribution in [2.75, 3.05) is 19.7 Å². The zero-order valence-corrected chi connectivity index (χ0v) is 17.6. The fourth-order valence-electron chi connectivity index (χ4n) is 2.46. The average molecular weight is 456 g/mol. The van der Waals surface area contributed by atoms with Gasteiger partial charge in [0.05, 0.1) is 13.2 Å². The number of nitrogens with one attached hydrogen (secondary N) is 2. The minimum atomic E-state index is 0. The van der Waals surface area contributed by atoms with Crippen molar-refractivity contribution in [1.82, 2.24) is 15.2 Å². The van der Waals surface area contributed by atoms with E-state index in [1.807, 2.05) is 25.1 Å². The maximum Gasteiger partial charge on any atom is 0.191 e. The molecule has 25 heavy (non-hydrogen) atoms. The Labute approximate surface area is 167 Å². The number of halogens is 1. The second-order valence-corrected chi connectivity index (χ2v) is 5.58. The number of rotatable bonds is 8. The highest BCUT2D eigenvalue weighted by molar-refractivity contribution is 14.0. The number of aromatic nitrogens is 1. The molecule has 1 aromatic carbocycles. The van der Waals surface area contributed by atoms with Crippen LogP contribution in [0.25, 0.3) is 0 Å². The number of hydrogen-bond donors (Lipinski definition) is 2. The molecule has 0 aliphatic carbocycles. The van der Waals surface area contributed by atoms with Gasteiger partial charge in [0.1, 0.15) is 5.75 Å². The van der Waals surface area contributed by atoms with Gasteiger partial charge in [0, 0.05) is 32.0 Å². The van der Waals surface area contributed by atoms with Crippen LogP contribution in [-0.2, 0) is 13.1 Å². The zero-order valence-electron chi connectivity index (χ0n) is 15.3. The number of benzene rings is 1. The fraction of sp³-hybridized carbons (Fsp3) is 0.421. The standard InChI is InChI=1S/C19H28N4O.HI/c1-4-20-19(21-10-13-23-11-6-7-12-23)22-15-17-8-9-18(24-5-2)16(3)14-17;/h6-9,11-12,14H,4-5,10,13,15H2,1-3H3,(H2,20,21,22);1H. The summed E-state index contributed by atoms with van der Waals surface area (Å²) in [6.45, 7) is 10.1. The normalized spacial score (nSPS) is 10.9. The van der Waals surface area contributed by atoms with Crippen LogP contribution in [0.2, 0.25) is 0 Å². The highest BCUT2D eigenvalue weighted by atomic mass is 127. The number of guanidine groups is 1. The van der Waals surface area contributed by atoms with Gasteiger partial charge in [-0.15, -0.1) is 24.0 Å². The van der Waals surface area contributed by atoms with Gasteiger partial charge in [0.2, 0.25) is 0 Å². The van der Waals surface area contributed by atoms with E-state index in [1.54, 1.807) is 0 Å². The highest BCUT2D eigenvalue weighted by Gasteiger charge is 2.02. The van der Waals surface area contributed by atoms with E-state index in [9.17, 15) is 0 Å². The molecular formula is C19H29IN4O. The molecule has 138 valence electrons. The molecule has 0 unspecified atom stereocenters. The van der Waals surface area contributed by atoms with Crippen molar-refractivity contribution >= 4 is 29.9 Å². The highest BCUT2D eigenvalue weighted by Crippen LogP contribution is 2.19. The van der Waals surface area contributed by atoms with Crippen LogP contribution < -0.4 is 15.4 Å². The average Bonchev–Trinajstić information content (AvgIpc) is 3.08. The number of aliphatic imine (C=N–C) groups is 1. The van der Waals surface area contributed by atoms with Crippen molar-refractivity contribution in [1.29, 1.82) is 0 Å². The summed E-state index contributed by atoms with van der Waals surface area (Å²) < 4.78 is 7.73. The Morgan fingerprint density at radius 3 is 2.56 bits per heavy atom. The summed E-state index contributed by atoms with van der Waals surface area (Å²) in [5, 5.41) is 6.65. The quantitative estimate of drug-likeness (QED) is 0.363. The molecule has 0 aliphatic rings. The van der Waals surface area contributed by atoms with Crippen LogP contribution in [0.4, 0.5) is 0 Å². The number of hydrogen-bond acceptors (Lipinski definition) is 2. The Morgan fingerprint density at radius 2 is 1.92 bits per heavy atom. The van der Waals surface area contributed by atoms with Crippen molar-refractivity contribution < 1.29 is 4.74 Å².